The monoisotopic (exact) mass is 361 g/mol. The highest BCUT2D eigenvalue weighted by Gasteiger charge is 2.15. The molecule has 124 valence electrons. The molecule has 1 N–H and O–H groups in total. The van der Waals surface area contributed by atoms with Crippen molar-refractivity contribution >= 4 is 38.5 Å². The van der Waals surface area contributed by atoms with Crippen LogP contribution in [-0.4, -0.2) is 18.4 Å². The lowest BCUT2D eigenvalue weighted by atomic mass is 10.1. The molecular formula is C17H16ClN3O2S. The zero-order valence-corrected chi connectivity index (χ0v) is 14.6. The lowest BCUT2D eigenvalue weighted by Gasteiger charge is -2.09. The fourth-order valence-corrected chi connectivity index (χ4v) is 3.58. The number of aryl methyl sites for hydroxylation is 1. The van der Waals surface area contributed by atoms with Crippen molar-refractivity contribution in [3.05, 3.63) is 59.2 Å². The maximum Gasteiger partial charge on any atom is 0.263 e. The summed E-state index contributed by atoms with van der Waals surface area (Å²) >= 11 is 6.04. The van der Waals surface area contributed by atoms with Crippen LogP contribution >= 0.6 is 11.6 Å². The van der Waals surface area contributed by atoms with E-state index in [0.717, 1.165) is 18.4 Å². The highest BCUT2D eigenvalue weighted by Crippen LogP contribution is 2.22. The Morgan fingerprint density at radius 3 is 2.58 bits per heavy atom. The summed E-state index contributed by atoms with van der Waals surface area (Å²) < 4.78 is 27.4. The topological polar surface area (TPSA) is 72.0 Å². The molecule has 0 unspecified atom stereocenters. The second kappa shape index (κ2) is 6.75. The molecule has 0 spiro atoms. The van der Waals surface area contributed by atoms with Crippen LogP contribution in [-0.2, 0) is 16.4 Å². The van der Waals surface area contributed by atoms with Crippen molar-refractivity contribution in [1.29, 1.82) is 0 Å². The van der Waals surface area contributed by atoms with Gasteiger partial charge in [-0.05, 0) is 36.2 Å². The van der Waals surface area contributed by atoms with Crippen molar-refractivity contribution in [3.63, 3.8) is 0 Å². The molecule has 2 aromatic carbocycles. The maximum absolute atomic E-state index is 12.5. The first-order valence-corrected chi connectivity index (χ1v) is 9.39. The van der Waals surface area contributed by atoms with E-state index in [1.807, 2.05) is 12.1 Å². The number of halogens is 1. The minimum atomic E-state index is -3.71. The number of hydrogen-bond donors (Lipinski definition) is 1. The number of anilines is 1. The molecule has 1 aromatic heterocycles. The van der Waals surface area contributed by atoms with Crippen LogP contribution in [0.2, 0.25) is 5.02 Å². The number of rotatable bonds is 5. The van der Waals surface area contributed by atoms with E-state index in [9.17, 15) is 8.42 Å². The SMILES string of the molecule is CCCc1ccc(S(=O)(=O)Nc2cnc3c(Cl)cccc3n2)cc1. The highest BCUT2D eigenvalue weighted by molar-refractivity contribution is 7.92. The first kappa shape index (κ1) is 16.7. The molecule has 0 aliphatic heterocycles. The number of nitrogens with zero attached hydrogens (tertiary/aromatic N) is 2. The molecule has 0 saturated carbocycles. The summed E-state index contributed by atoms with van der Waals surface area (Å²) in [6.07, 6.45) is 3.29. The van der Waals surface area contributed by atoms with Crippen molar-refractivity contribution in [2.24, 2.45) is 0 Å². The number of para-hydroxylation sites is 1. The number of nitrogens with one attached hydrogen (secondary N) is 1. The predicted molar refractivity (Wildman–Crippen MR) is 95.8 cm³/mol. The molecule has 24 heavy (non-hydrogen) atoms. The van der Waals surface area contributed by atoms with Crippen molar-refractivity contribution in [3.8, 4) is 0 Å². The number of fused-ring (bicyclic) bond motifs is 1. The van der Waals surface area contributed by atoms with Crippen LogP contribution in [0.25, 0.3) is 11.0 Å². The summed E-state index contributed by atoms with van der Waals surface area (Å²) in [5, 5.41) is 0.473. The van der Waals surface area contributed by atoms with E-state index in [0.29, 0.717) is 16.1 Å². The lowest BCUT2D eigenvalue weighted by molar-refractivity contribution is 0.601. The highest BCUT2D eigenvalue weighted by atomic mass is 35.5. The molecule has 0 atom stereocenters. The van der Waals surface area contributed by atoms with E-state index < -0.39 is 10.0 Å². The van der Waals surface area contributed by atoms with E-state index in [4.69, 9.17) is 11.6 Å². The summed E-state index contributed by atoms with van der Waals surface area (Å²) in [5.41, 5.74) is 2.17. The maximum atomic E-state index is 12.5. The molecule has 3 rings (SSSR count). The van der Waals surface area contributed by atoms with Crippen molar-refractivity contribution in [1.82, 2.24) is 9.97 Å². The smallest absolute Gasteiger partial charge is 0.262 e. The van der Waals surface area contributed by atoms with E-state index in [1.54, 1.807) is 30.3 Å². The third-order valence-corrected chi connectivity index (χ3v) is 5.21. The molecule has 0 radical (unpaired) electrons. The molecule has 3 aromatic rings. The first-order chi connectivity index (χ1) is 11.5. The molecule has 0 aliphatic rings. The fourth-order valence-electron chi connectivity index (χ4n) is 2.38. The van der Waals surface area contributed by atoms with Crippen LogP contribution in [0.4, 0.5) is 5.82 Å². The van der Waals surface area contributed by atoms with Crippen LogP contribution < -0.4 is 4.72 Å². The van der Waals surface area contributed by atoms with Gasteiger partial charge >= 0.3 is 0 Å². The van der Waals surface area contributed by atoms with Crippen molar-refractivity contribution in [2.75, 3.05) is 4.72 Å². The number of hydrogen-bond acceptors (Lipinski definition) is 4. The van der Waals surface area contributed by atoms with Crippen LogP contribution in [0.15, 0.2) is 53.6 Å². The van der Waals surface area contributed by atoms with E-state index in [2.05, 4.69) is 21.6 Å². The molecule has 0 amide bonds. The van der Waals surface area contributed by atoms with E-state index in [1.165, 1.54) is 6.20 Å². The van der Waals surface area contributed by atoms with Crippen molar-refractivity contribution < 1.29 is 8.42 Å². The van der Waals surface area contributed by atoms with Gasteiger partial charge in [-0.3, -0.25) is 4.72 Å². The predicted octanol–water partition coefficient (Wildman–Crippen LogP) is 4.04. The Morgan fingerprint density at radius 1 is 1.12 bits per heavy atom. The first-order valence-electron chi connectivity index (χ1n) is 7.52. The second-order valence-corrected chi connectivity index (χ2v) is 7.45. The average molecular weight is 362 g/mol. The third kappa shape index (κ3) is 3.49. The number of aromatic nitrogens is 2. The Labute approximate surface area is 145 Å². The minimum absolute atomic E-state index is 0.155. The van der Waals surface area contributed by atoms with Gasteiger partial charge in [0.1, 0.15) is 5.52 Å². The van der Waals surface area contributed by atoms with Gasteiger partial charge in [0.05, 0.1) is 21.6 Å². The summed E-state index contributed by atoms with van der Waals surface area (Å²) in [6.45, 7) is 2.08. The lowest BCUT2D eigenvalue weighted by Crippen LogP contribution is -2.14. The van der Waals surface area contributed by atoms with Gasteiger partial charge in [0.2, 0.25) is 0 Å². The van der Waals surface area contributed by atoms with Gasteiger partial charge in [0.15, 0.2) is 5.82 Å². The Bertz CT molecular complexity index is 973. The molecule has 0 saturated heterocycles. The Morgan fingerprint density at radius 2 is 1.88 bits per heavy atom. The summed E-state index contributed by atoms with van der Waals surface area (Å²) in [6, 6.07) is 12.0. The van der Waals surface area contributed by atoms with Crippen LogP contribution in [0.5, 0.6) is 0 Å². The van der Waals surface area contributed by atoms with Crippen LogP contribution in [0, 0.1) is 0 Å². The normalized spacial score (nSPS) is 11.6. The second-order valence-electron chi connectivity index (χ2n) is 5.36. The quantitative estimate of drug-likeness (QED) is 0.744. The van der Waals surface area contributed by atoms with Gasteiger partial charge in [-0.1, -0.05) is 43.1 Å². The zero-order chi connectivity index (χ0) is 17.2. The average Bonchev–Trinajstić information content (AvgIpc) is 2.55. The van der Waals surface area contributed by atoms with Crippen molar-refractivity contribution in [2.45, 2.75) is 24.7 Å². The summed E-state index contributed by atoms with van der Waals surface area (Å²) in [5.74, 6) is 0.155. The Balaban J connectivity index is 1.88. The Hall–Kier alpha value is -2.18. The van der Waals surface area contributed by atoms with Crippen LogP contribution in [0.3, 0.4) is 0 Å². The van der Waals surface area contributed by atoms with E-state index >= 15 is 0 Å². The van der Waals surface area contributed by atoms with Gasteiger partial charge in [0.25, 0.3) is 10.0 Å². The molecule has 1 heterocycles. The standard InChI is InChI=1S/C17H16ClN3O2S/c1-2-4-12-7-9-13(10-8-12)24(22,23)21-16-11-19-17-14(18)5-3-6-15(17)20-16/h3,5-11H,2,4H2,1H3,(H,20,21). The molecular weight excluding hydrogens is 346 g/mol. The minimum Gasteiger partial charge on any atom is -0.262 e. The Kier molecular flexibility index (Phi) is 4.69. The molecule has 0 fully saturated rings. The van der Waals surface area contributed by atoms with Gasteiger partial charge in [-0.15, -0.1) is 0 Å². The third-order valence-electron chi connectivity index (χ3n) is 3.53. The van der Waals surface area contributed by atoms with Gasteiger partial charge in [-0.25, -0.2) is 18.4 Å². The van der Waals surface area contributed by atoms with Gasteiger partial charge in [-0.2, -0.15) is 0 Å². The molecule has 5 nitrogen and oxygen atoms in total. The summed E-state index contributed by atoms with van der Waals surface area (Å²) in [7, 11) is -3.71. The number of sulfonamides is 1. The summed E-state index contributed by atoms with van der Waals surface area (Å²) in [4.78, 5) is 8.62. The fraction of sp³-hybridized carbons (Fsp3) is 0.176. The van der Waals surface area contributed by atoms with Gasteiger partial charge < -0.3 is 0 Å². The molecule has 0 bridgehead atoms. The van der Waals surface area contributed by atoms with E-state index in [-0.39, 0.29) is 10.7 Å². The molecule has 7 heteroatoms. The molecule has 0 aliphatic carbocycles. The number of benzene rings is 2. The van der Waals surface area contributed by atoms with Crippen LogP contribution in [0.1, 0.15) is 18.9 Å². The largest absolute Gasteiger partial charge is 0.263 e. The zero-order valence-electron chi connectivity index (χ0n) is 13.0. The van der Waals surface area contributed by atoms with Gasteiger partial charge in [0, 0.05) is 0 Å².